The largest absolute Gasteiger partial charge is 0.466 e. The summed E-state index contributed by atoms with van der Waals surface area (Å²) in [5.74, 6) is -0.0639. The van der Waals surface area contributed by atoms with Gasteiger partial charge in [0.1, 0.15) is 0 Å². The third kappa shape index (κ3) is 70.8. The van der Waals surface area contributed by atoms with E-state index in [0.29, 0.717) is 19.4 Å². The van der Waals surface area contributed by atoms with Gasteiger partial charge in [-0.1, -0.05) is 364 Å². The SMILES string of the molecule is CCCCCCCCC/C=C\CCCCCCCCCC(=O)OCCCCCCCCCCC/C=C\C/C=C\CCCCCCCCCCCC(=O)NC(CO)C(O)/C=C/CCCCCCCCCCCCCCCCCCCCCCCCC. The van der Waals surface area contributed by atoms with Crippen LogP contribution in [0.1, 0.15) is 418 Å². The van der Waals surface area contributed by atoms with Gasteiger partial charge in [0, 0.05) is 12.8 Å². The van der Waals surface area contributed by atoms with Gasteiger partial charge in [-0.2, -0.15) is 0 Å². The molecule has 0 aromatic rings. The van der Waals surface area contributed by atoms with Gasteiger partial charge in [-0.25, -0.2) is 0 Å². The molecule has 0 fully saturated rings. The van der Waals surface area contributed by atoms with Crippen LogP contribution in [0, 0.1) is 0 Å². The Hall–Kier alpha value is -2.18. The summed E-state index contributed by atoms with van der Waals surface area (Å²) in [6.45, 7) is 4.93. The minimum absolute atomic E-state index is 0.00624. The molecule has 85 heavy (non-hydrogen) atoms. The zero-order valence-corrected chi connectivity index (χ0v) is 57.4. The van der Waals surface area contributed by atoms with Crippen molar-refractivity contribution in [2.24, 2.45) is 0 Å². The van der Waals surface area contributed by atoms with Crippen molar-refractivity contribution in [3.63, 3.8) is 0 Å². The molecule has 500 valence electrons. The molecule has 0 saturated carbocycles. The van der Waals surface area contributed by atoms with E-state index in [-0.39, 0.29) is 18.5 Å². The Labute approximate surface area is 531 Å². The standard InChI is InChI=1S/C79H149NO5/c1-3-5-7-9-11-13-15-17-19-21-23-24-25-27-30-33-36-39-43-47-51-55-59-63-67-71-77(82)76(75-81)80-78(83)72-68-64-60-56-52-48-44-40-37-34-31-28-26-29-32-35-38-42-46-50-54-58-62-66-70-74-85-79(84)73-69-65-61-57-53-49-45-41-22-20-18-16-14-12-10-8-6-4-2/h20,22,28-29,31-32,67,71,76-77,81-82H,3-19,21,23-27,30,33-66,68-70,72-75H2,1-2H3,(H,80,83)/b22-20-,31-28-,32-29-,71-67+. The van der Waals surface area contributed by atoms with Crippen LogP contribution in [0.5, 0.6) is 0 Å². The third-order valence-corrected chi connectivity index (χ3v) is 17.8. The van der Waals surface area contributed by atoms with Crippen molar-refractivity contribution in [2.45, 2.75) is 431 Å². The summed E-state index contributed by atoms with van der Waals surface area (Å²) in [7, 11) is 0. The number of hydrogen-bond acceptors (Lipinski definition) is 5. The van der Waals surface area contributed by atoms with E-state index in [1.54, 1.807) is 6.08 Å². The maximum absolute atomic E-state index is 12.5. The lowest BCUT2D eigenvalue weighted by Crippen LogP contribution is -2.45. The molecule has 6 nitrogen and oxygen atoms in total. The first-order valence-corrected chi connectivity index (χ1v) is 38.4. The van der Waals surface area contributed by atoms with E-state index in [1.165, 1.54) is 340 Å². The number of rotatable bonds is 72. The molecule has 0 aliphatic heterocycles. The van der Waals surface area contributed by atoms with E-state index in [9.17, 15) is 19.8 Å². The third-order valence-electron chi connectivity index (χ3n) is 17.8. The Kier molecular flexibility index (Phi) is 72.4. The van der Waals surface area contributed by atoms with Crippen LogP contribution in [0.25, 0.3) is 0 Å². The molecule has 0 aromatic heterocycles. The number of aliphatic hydroxyl groups excluding tert-OH is 2. The quantitative estimate of drug-likeness (QED) is 0.0320. The van der Waals surface area contributed by atoms with Gasteiger partial charge in [-0.3, -0.25) is 9.59 Å². The van der Waals surface area contributed by atoms with Crippen molar-refractivity contribution < 1.29 is 24.5 Å². The first-order valence-electron chi connectivity index (χ1n) is 38.4. The summed E-state index contributed by atoms with van der Waals surface area (Å²) in [6, 6.07) is -0.635. The monoisotopic (exact) mass is 1190 g/mol. The highest BCUT2D eigenvalue weighted by Crippen LogP contribution is 2.19. The van der Waals surface area contributed by atoms with E-state index in [0.717, 1.165) is 51.4 Å². The highest BCUT2D eigenvalue weighted by atomic mass is 16.5. The average molecular weight is 1190 g/mol. The molecule has 0 spiro atoms. The Morgan fingerprint density at radius 1 is 0.329 bits per heavy atom. The van der Waals surface area contributed by atoms with E-state index in [4.69, 9.17) is 4.74 Å². The number of allylic oxidation sites excluding steroid dienone is 7. The minimum Gasteiger partial charge on any atom is -0.466 e. The molecule has 3 N–H and O–H groups in total. The summed E-state index contributed by atoms with van der Waals surface area (Å²) < 4.78 is 5.50. The van der Waals surface area contributed by atoms with Gasteiger partial charge in [-0.15, -0.1) is 0 Å². The molecule has 0 heterocycles. The number of unbranched alkanes of at least 4 members (excludes halogenated alkanes) is 55. The molecule has 6 heteroatoms. The van der Waals surface area contributed by atoms with Gasteiger partial charge in [0.05, 0.1) is 25.4 Å². The second-order valence-corrected chi connectivity index (χ2v) is 26.3. The van der Waals surface area contributed by atoms with Crippen LogP contribution < -0.4 is 5.32 Å². The molecule has 1 amide bonds. The Balaban J connectivity index is 3.45. The predicted molar refractivity (Wildman–Crippen MR) is 375 cm³/mol. The number of hydrogen-bond donors (Lipinski definition) is 3. The molecule has 0 aromatic carbocycles. The lowest BCUT2D eigenvalue weighted by Gasteiger charge is -2.20. The van der Waals surface area contributed by atoms with Crippen LogP contribution in [0.2, 0.25) is 0 Å². The van der Waals surface area contributed by atoms with Crippen molar-refractivity contribution in [1.29, 1.82) is 0 Å². The highest BCUT2D eigenvalue weighted by Gasteiger charge is 2.18. The molecule has 0 radical (unpaired) electrons. The lowest BCUT2D eigenvalue weighted by atomic mass is 10.0. The van der Waals surface area contributed by atoms with Gasteiger partial charge >= 0.3 is 5.97 Å². The Bertz CT molecular complexity index is 1420. The first-order chi connectivity index (χ1) is 42.0. The molecule has 0 saturated heterocycles. The Morgan fingerprint density at radius 3 is 0.906 bits per heavy atom. The van der Waals surface area contributed by atoms with Crippen LogP contribution in [0.3, 0.4) is 0 Å². The van der Waals surface area contributed by atoms with Gasteiger partial charge in [0.25, 0.3) is 0 Å². The van der Waals surface area contributed by atoms with Crippen LogP contribution >= 0.6 is 0 Å². The zero-order valence-electron chi connectivity index (χ0n) is 57.4. The molecule has 0 aliphatic carbocycles. The summed E-state index contributed by atoms with van der Waals surface area (Å²) in [5, 5.41) is 23.3. The van der Waals surface area contributed by atoms with Crippen LogP contribution in [0.15, 0.2) is 48.6 Å². The molecule has 0 aliphatic rings. The van der Waals surface area contributed by atoms with E-state index in [2.05, 4.69) is 55.6 Å². The van der Waals surface area contributed by atoms with E-state index >= 15 is 0 Å². The predicted octanol–water partition coefficient (Wildman–Crippen LogP) is 25.2. The van der Waals surface area contributed by atoms with Gasteiger partial charge in [0.15, 0.2) is 0 Å². The smallest absolute Gasteiger partial charge is 0.305 e. The number of carbonyl (C=O) groups is 2. The molecule has 2 atom stereocenters. The summed E-state index contributed by atoms with van der Waals surface area (Å²) in [4.78, 5) is 24.7. The van der Waals surface area contributed by atoms with Crippen molar-refractivity contribution in [3.8, 4) is 0 Å². The topological polar surface area (TPSA) is 95.9 Å². The van der Waals surface area contributed by atoms with Gasteiger partial charge in [0.2, 0.25) is 5.91 Å². The molecule has 0 bridgehead atoms. The zero-order chi connectivity index (χ0) is 61.3. The second-order valence-electron chi connectivity index (χ2n) is 26.3. The summed E-state index contributed by atoms with van der Waals surface area (Å²) >= 11 is 0. The summed E-state index contributed by atoms with van der Waals surface area (Å²) in [6.07, 6.45) is 97.8. The van der Waals surface area contributed by atoms with E-state index in [1.807, 2.05) is 6.08 Å². The minimum atomic E-state index is -0.851. The van der Waals surface area contributed by atoms with Crippen molar-refractivity contribution in [3.05, 3.63) is 48.6 Å². The maximum Gasteiger partial charge on any atom is 0.305 e. The second kappa shape index (κ2) is 74.3. The van der Waals surface area contributed by atoms with Crippen LogP contribution in [-0.4, -0.2) is 47.4 Å². The molecular weight excluding hydrogens is 1040 g/mol. The fourth-order valence-corrected chi connectivity index (χ4v) is 12.0. The number of amides is 1. The van der Waals surface area contributed by atoms with Crippen LogP contribution in [0.4, 0.5) is 0 Å². The number of carbonyl (C=O) groups excluding carboxylic acids is 2. The number of nitrogens with one attached hydrogen (secondary N) is 1. The van der Waals surface area contributed by atoms with Crippen molar-refractivity contribution >= 4 is 11.9 Å². The average Bonchev–Trinajstić information content (AvgIpc) is 3.51. The van der Waals surface area contributed by atoms with Gasteiger partial charge < -0.3 is 20.3 Å². The summed E-state index contributed by atoms with van der Waals surface area (Å²) in [5.41, 5.74) is 0. The first kappa shape index (κ1) is 82.8. The fraction of sp³-hybridized carbons (Fsp3) is 0.873. The maximum atomic E-state index is 12.5. The highest BCUT2D eigenvalue weighted by molar-refractivity contribution is 5.76. The van der Waals surface area contributed by atoms with Crippen LogP contribution in [-0.2, 0) is 14.3 Å². The van der Waals surface area contributed by atoms with E-state index < -0.39 is 12.1 Å². The number of esters is 1. The van der Waals surface area contributed by atoms with Crippen molar-refractivity contribution in [1.82, 2.24) is 5.32 Å². The lowest BCUT2D eigenvalue weighted by molar-refractivity contribution is -0.143. The Morgan fingerprint density at radius 2 is 0.588 bits per heavy atom. The molecular formula is C79H149NO5. The van der Waals surface area contributed by atoms with Gasteiger partial charge in [-0.05, 0) is 89.9 Å². The number of ether oxygens (including phenoxy) is 1. The number of aliphatic hydroxyl groups is 2. The molecule has 0 rings (SSSR count). The molecule has 2 unspecified atom stereocenters. The normalized spacial score (nSPS) is 12.8. The van der Waals surface area contributed by atoms with Crippen molar-refractivity contribution in [2.75, 3.05) is 13.2 Å². The fourth-order valence-electron chi connectivity index (χ4n) is 12.0.